The topological polar surface area (TPSA) is 32.7 Å². The third-order valence-corrected chi connectivity index (χ3v) is 6.23. The van der Waals surface area contributed by atoms with E-state index in [4.69, 9.17) is 0 Å². The van der Waals surface area contributed by atoms with Crippen LogP contribution in [0.4, 0.5) is 13.2 Å². The maximum absolute atomic E-state index is 12.9. The van der Waals surface area contributed by atoms with Gasteiger partial charge in [0, 0.05) is 12.3 Å². The van der Waals surface area contributed by atoms with E-state index in [0.29, 0.717) is 29.6 Å². The van der Waals surface area contributed by atoms with Gasteiger partial charge >= 0.3 is 6.18 Å². The van der Waals surface area contributed by atoms with Crippen LogP contribution in [0.1, 0.15) is 16.7 Å². The van der Waals surface area contributed by atoms with Crippen LogP contribution in [0.3, 0.4) is 0 Å². The Morgan fingerprint density at radius 3 is 2.34 bits per heavy atom. The number of benzene rings is 3. The number of hydrogen-bond acceptors (Lipinski definition) is 3. The molecule has 0 atom stereocenters. The lowest BCUT2D eigenvalue weighted by Crippen LogP contribution is -2.34. The molecule has 1 amide bonds. The predicted molar refractivity (Wildman–Crippen MR) is 122 cm³/mol. The summed E-state index contributed by atoms with van der Waals surface area (Å²) in [5, 5.41) is 0.563. The molecule has 0 aliphatic carbocycles. The molecule has 1 aliphatic rings. The van der Waals surface area contributed by atoms with Crippen molar-refractivity contribution in [2.75, 3.05) is 13.1 Å². The van der Waals surface area contributed by atoms with Gasteiger partial charge in [0.15, 0.2) is 5.17 Å². The van der Waals surface area contributed by atoms with E-state index in [2.05, 4.69) is 4.99 Å². The number of hydrogen-bond donors (Lipinski definition) is 0. The van der Waals surface area contributed by atoms with E-state index in [1.54, 1.807) is 11.0 Å². The molecule has 4 rings (SSSR count). The summed E-state index contributed by atoms with van der Waals surface area (Å²) in [6, 6.07) is 23.2. The van der Waals surface area contributed by atoms with E-state index < -0.39 is 11.7 Å². The molecule has 0 spiro atoms. The van der Waals surface area contributed by atoms with Crippen LogP contribution >= 0.6 is 11.8 Å². The van der Waals surface area contributed by atoms with Crippen molar-refractivity contribution in [2.45, 2.75) is 18.3 Å². The number of halogens is 3. The van der Waals surface area contributed by atoms with Crippen molar-refractivity contribution in [3.8, 4) is 11.1 Å². The Hall–Kier alpha value is -3.06. The lowest BCUT2D eigenvalue weighted by molar-refractivity contribution is -0.137. The van der Waals surface area contributed by atoms with Gasteiger partial charge in [-0.15, -0.1) is 0 Å². The molecule has 0 radical (unpaired) electrons. The first-order valence-corrected chi connectivity index (χ1v) is 11.2. The molecule has 0 N–H and O–H groups in total. The first-order chi connectivity index (χ1) is 15.4. The molecule has 0 bridgehead atoms. The lowest BCUT2D eigenvalue weighted by atomic mass is 10.0. The molecule has 3 aromatic carbocycles. The molecule has 0 aromatic heterocycles. The average Bonchev–Trinajstić information content (AvgIpc) is 3.27. The van der Waals surface area contributed by atoms with Gasteiger partial charge in [-0.2, -0.15) is 13.2 Å². The van der Waals surface area contributed by atoms with Gasteiger partial charge in [-0.25, -0.2) is 0 Å². The summed E-state index contributed by atoms with van der Waals surface area (Å²) < 4.78 is 38.8. The molecule has 7 heteroatoms. The first kappa shape index (κ1) is 22.1. The third kappa shape index (κ3) is 5.40. The van der Waals surface area contributed by atoms with Gasteiger partial charge in [-0.05, 0) is 28.3 Å². The average molecular weight is 455 g/mol. The van der Waals surface area contributed by atoms with Gasteiger partial charge in [-0.1, -0.05) is 84.6 Å². The standard InChI is InChI=1S/C25H21F3N2OS/c26-25(27,28)22-8-4-5-19(15-22)17-32-24-29-13-14-30(24)23(31)16-18-9-11-21(12-10-18)20-6-2-1-3-7-20/h1-12,15H,13-14,16-17H2. The monoisotopic (exact) mass is 454 g/mol. The highest BCUT2D eigenvalue weighted by Crippen LogP contribution is 2.31. The second kappa shape index (κ2) is 9.61. The quantitative estimate of drug-likeness (QED) is 0.470. The minimum atomic E-state index is -4.37. The Morgan fingerprint density at radius 2 is 1.62 bits per heavy atom. The normalized spacial score (nSPS) is 13.8. The third-order valence-electron chi connectivity index (χ3n) is 5.14. The second-order valence-electron chi connectivity index (χ2n) is 7.44. The largest absolute Gasteiger partial charge is 0.416 e. The van der Waals surface area contributed by atoms with Gasteiger partial charge < -0.3 is 0 Å². The summed E-state index contributed by atoms with van der Waals surface area (Å²) in [4.78, 5) is 18.9. The molecule has 0 saturated heterocycles. The van der Waals surface area contributed by atoms with Crippen molar-refractivity contribution in [1.82, 2.24) is 4.90 Å². The molecule has 0 fully saturated rings. The number of amidine groups is 1. The number of carbonyl (C=O) groups excluding carboxylic acids is 1. The maximum atomic E-state index is 12.9. The fraction of sp³-hybridized carbons (Fsp3) is 0.200. The molecule has 3 aromatic rings. The molecule has 32 heavy (non-hydrogen) atoms. The highest BCUT2D eigenvalue weighted by atomic mass is 32.2. The van der Waals surface area contributed by atoms with Crippen molar-refractivity contribution in [3.63, 3.8) is 0 Å². The van der Waals surface area contributed by atoms with Crippen LogP contribution in [-0.4, -0.2) is 29.1 Å². The zero-order valence-electron chi connectivity index (χ0n) is 17.2. The van der Waals surface area contributed by atoms with Crippen molar-refractivity contribution in [3.05, 3.63) is 95.6 Å². The van der Waals surface area contributed by atoms with Gasteiger partial charge in [0.25, 0.3) is 0 Å². The summed E-state index contributed by atoms with van der Waals surface area (Å²) in [5.41, 5.74) is 2.98. The number of carbonyl (C=O) groups is 1. The van der Waals surface area contributed by atoms with Crippen molar-refractivity contribution < 1.29 is 18.0 Å². The van der Waals surface area contributed by atoms with Crippen LogP contribution in [-0.2, 0) is 23.1 Å². The minimum absolute atomic E-state index is 0.0646. The van der Waals surface area contributed by atoms with E-state index in [1.807, 2.05) is 54.6 Å². The number of aliphatic imine (C=N–C) groups is 1. The van der Waals surface area contributed by atoms with Crippen LogP contribution < -0.4 is 0 Å². The maximum Gasteiger partial charge on any atom is 0.416 e. The van der Waals surface area contributed by atoms with Gasteiger partial charge in [0.1, 0.15) is 0 Å². The molecule has 1 heterocycles. The highest BCUT2D eigenvalue weighted by molar-refractivity contribution is 8.13. The molecular formula is C25H21F3N2OS. The number of rotatable bonds is 5. The SMILES string of the molecule is O=C(Cc1ccc(-c2ccccc2)cc1)N1CCN=C1SCc1cccc(C(F)(F)F)c1. The number of nitrogens with zero attached hydrogens (tertiary/aromatic N) is 2. The van der Waals surface area contributed by atoms with Crippen molar-refractivity contribution >= 4 is 22.8 Å². The van der Waals surface area contributed by atoms with Gasteiger partial charge in [0.05, 0.1) is 18.5 Å². The second-order valence-corrected chi connectivity index (χ2v) is 8.38. The lowest BCUT2D eigenvalue weighted by Gasteiger charge is -2.18. The van der Waals surface area contributed by atoms with Gasteiger partial charge in [0.2, 0.25) is 5.91 Å². The zero-order valence-corrected chi connectivity index (χ0v) is 18.0. The Morgan fingerprint density at radius 1 is 0.906 bits per heavy atom. The van der Waals surface area contributed by atoms with Crippen molar-refractivity contribution in [1.29, 1.82) is 0 Å². The van der Waals surface area contributed by atoms with Crippen LogP contribution in [0, 0.1) is 0 Å². The molecule has 0 saturated carbocycles. The van der Waals surface area contributed by atoms with E-state index in [0.717, 1.165) is 28.8 Å². The molecule has 1 aliphatic heterocycles. The van der Waals surface area contributed by atoms with E-state index in [-0.39, 0.29) is 12.3 Å². The number of alkyl halides is 3. The Bertz CT molecular complexity index is 1110. The van der Waals surface area contributed by atoms with Crippen molar-refractivity contribution in [2.24, 2.45) is 4.99 Å². The van der Waals surface area contributed by atoms with Gasteiger partial charge in [-0.3, -0.25) is 14.7 Å². The molecular weight excluding hydrogens is 433 g/mol. The predicted octanol–water partition coefficient (Wildman–Crippen LogP) is 6.05. The molecule has 164 valence electrons. The van der Waals surface area contributed by atoms with Crippen LogP contribution in [0.5, 0.6) is 0 Å². The zero-order chi connectivity index (χ0) is 22.6. The van der Waals surface area contributed by atoms with E-state index in [1.165, 1.54) is 17.8 Å². The first-order valence-electron chi connectivity index (χ1n) is 10.2. The summed E-state index contributed by atoms with van der Waals surface area (Å²) in [7, 11) is 0. The van der Waals surface area contributed by atoms with E-state index in [9.17, 15) is 18.0 Å². The summed E-state index contributed by atoms with van der Waals surface area (Å²) in [5.74, 6) is 0.253. The number of thioether (sulfide) groups is 1. The van der Waals surface area contributed by atoms with Crippen LogP contribution in [0.15, 0.2) is 83.9 Å². The van der Waals surface area contributed by atoms with Crippen LogP contribution in [0.25, 0.3) is 11.1 Å². The highest BCUT2D eigenvalue weighted by Gasteiger charge is 2.30. The molecule has 3 nitrogen and oxygen atoms in total. The Balaban J connectivity index is 1.36. The minimum Gasteiger partial charge on any atom is -0.289 e. The van der Waals surface area contributed by atoms with Crippen LogP contribution in [0.2, 0.25) is 0 Å². The smallest absolute Gasteiger partial charge is 0.289 e. The summed E-state index contributed by atoms with van der Waals surface area (Å²) in [6.45, 7) is 0.996. The number of amides is 1. The fourth-order valence-electron chi connectivity index (χ4n) is 3.48. The van der Waals surface area contributed by atoms with E-state index >= 15 is 0 Å². The Labute approximate surface area is 189 Å². The fourth-order valence-corrected chi connectivity index (χ4v) is 4.49. The molecule has 0 unspecified atom stereocenters. The summed E-state index contributed by atoms with van der Waals surface area (Å²) >= 11 is 1.29. The summed E-state index contributed by atoms with van der Waals surface area (Å²) in [6.07, 6.45) is -4.12. The Kier molecular flexibility index (Phi) is 6.65.